The first-order valence-corrected chi connectivity index (χ1v) is 8.00. The molecule has 0 aromatic heterocycles. The molecule has 0 bridgehead atoms. The van der Waals surface area contributed by atoms with Crippen molar-refractivity contribution in [3.8, 4) is 0 Å². The quantitative estimate of drug-likeness (QED) is 0.423. The summed E-state index contributed by atoms with van der Waals surface area (Å²) in [4.78, 5) is 48.7. The van der Waals surface area contributed by atoms with Crippen molar-refractivity contribution in [2.75, 3.05) is 7.11 Å². The summed E-state index contributed by atoms with van der Waals surface area (Å²) in [5, 5.41) is 0. The maximum absolute atomic E-state index is 12.5. The molecule has 0 unspecified atom stereocenters. The molecule has 0 aromatic carbocycles. The lowest BCUT2D eigenvalue weighted by molar-refractivity contribution is -0.147. The van der Waals surface area contributed by atoms with Crippen LogP contribution < -0.4 is 0 Å². The third-order valence-electron chi connectivity index (χ3n) is 2.79. The van der Waals surface area contributed by atoms with E-state index in [1.165, 1.54) is 0 Å². The Morgan fingerprint density at radius 1 is 0.960 bits per heavy atom. The molecule has 0 aromatic rings. The average Bonchev–Trinajstić information content (AvgIpc) is 2.41. The van der Waals surface area contributed by atoms with Crippen LogP contribution in [0.1, 0.15) is 54.9 Å². The number of hydrogen-bond donors (Lipinski definition) is 0. The van der Waals surface area contributed by atoms with Crippen LogP contribution in [0.2, 0.25) is 0 Å². The van der Waals surface area contributed by atoms with E-state index in [1.807, 2.05) is 0 Å². The first-order valence-electron chi connectivity index (χ1n) is 8.00. The molecule has 0 aliphatic heterocycles. The van der Waals surface area contributed by atoms with Gasteiger partial charge in [0.05, 0.1) is 7.11 Å². The lowest BCUT2D eigenvalue weighted by Crippen LogP contribution is -2.52. The molecule has 8 nitrogen and oxygen atoms in total. The normalized spacial score (nSPS) is 14.1. The van der Waals surface area contributed by atoms with Crippen LogP contribution in [0.4, 0.5) is 9.59 Å². The molecule has 0 heterocycles. The van der Waals surface area contributed by atoms with Crippen LogP contribution in [0.3, 0.4) is 0 Å². The second kappa shape index (κ2) is 8.82. The summed E-state index contributed by atoms with van der Waals surface area (Å²) >= 11 is 0. The monoisotopic (exact) mass is 359 g/mol. The van der Waals surface area contributed by atoms with Crippen molar-refractivity contribution in [1.82, 2.24) is 4.90 Å². The number of esters is 1. The molecule has 0 radical (unpaired) electrons. The zero-order valence-electron chi connectivity index (χ0n) is 16.2. The lowest BCUT2D eigenvalue weighted by Gasteiger charge is -2.32. The molecule has 0 aliphatic carbocycles. The van der Waals surface area contributed by atoms with E-state index in [2.05, 4.69) is 4.74 Å². The van der Waals surface area contributed by atoms with Crippen LogP contribution in [0.15, 0.2) is 0 Å². The van der Waals surface area contributed by atoms with Gasteiger partial charge in [0.1, 0.15) is 23.5 Å². The van der Waals surface area contributed by atoms with Crippen molar-refractivity contribution >= 4 is 24.4 Å². The number of hydrogen-bond acceptors (Lipinski definition) is 7. The SMILES string of the molecule is COC(=O)[C@H](C[C@H](C)C=O)N(C(=O)OC(C)(C)C)C(=O)OC(C)(C)C. The molecule has 2 atom stereocenters. The standard InChI is InChI=1S/C17H29NO7/c1-11(10-19)9-12(13(20)23-8)18(14(21)24-16(2,3)4)15(22)25-17(5,6)7/h10-12H,9H2,1-8H3/t11-,12-/m0/s1. The molecule has 0 spiro atoms. The van der Waals surface area contributed by atoms with Crippen molar-refractivity contribution in [2.24, 2.45) is 5.92 Å². The van der Waals surface area contributed by atoms with Crippen LogP contribution in [0, 0.1) is 5.92 Å². The minimum Gasteiger partial charge on any atom is -0.467 e. The predicted octanol–water partition coefficient (Wildman–Crippen LogP) is 2.93. The van der Waals surface area contributed by atoms with Gasteiger partial charge in [0.2, 0.25) is 0 Å². The number of imide groups is 1. The Labute approximate surface area is 148 Å². The first kappa shape index (κ1) is 22.9. The van der Waals surface area contributed by atoms with Gasteiger partial charge in [0.25, 0.3) is 0 Å². The summed E-state index contributed by atoms with van der Waals surface area (Å²) in [5.41, 5.74) is -1.79. The highest BCUT2D eigenvalue weighted by Gasteiger charge is 2.41. The number of rotatable bonds is 5. The van der Waals surface area contributed by atoms with Crippen molar-refractivity contribution in [2.45, 2.75) is 72.1 Å². The van der Waals surface area contributed by atoms with Gasteiger partial charge >= 0.3 is 18.2 Å². The van der Waals surface area contributed by atoms with Gasteiger partial charge in [-0.3, -0.25) is 0 Å². The van der Waals surface area contributed by atoms with Gasteiger partial charge in [0, 0.05) is 5.92 Å². The Balaban J connectivity index is 5.84. The fourth-order valence-electron chi connectivity index (χ4n) is 1.80. The Morgan fingerprint density at radius 3 is 1.64 bits per heavy atom. The minimum atomic E-state index is -1.34. The summed E-state index contributed by atoms with van der Waals surface area (Å²) < 4.78 is 15.1. The largest absolute Gasteiger partial charge is 0.467 e. The van der Waals surface area contributed by atoms with Crippen molar-refractivity contribution in [3.63, 3.8) is 0 Å². The number of ether oxygens (including phenoxy) is 3. The van der Waals surface area contributed by atoms with Gasteiger partial charge in [-0.2, -0.15) is 4.90 Å². The van der Waals surface area contributed by atoms with Crippen molar-refractivity contribution < 1.29 is 33.4 Å². The zero-order chi connectivity index (χ0) is 20.0. The summed E-state index contributed by atoms with van der Waals surface area (Å²) in [5.74, 6) is -1.43. The van der Waals surface area contributed by atoms with E-state index in [1.54, 1.807) is 48.5 Å². The molecular formula is C17H29NO7. The number of aldehydes is 1. The minimum absolute atomic E-state index is 0.103. The van der Waals surface area contributed by atoms with Gasteiger partial charge in [-0.15, -0.1) is 0 Å². The topological polar surface area (TPSA) is 99.2 Å². The number of amides is 2. The highest BCUT2D eigenvalue weighted by molar-refractivity contribution is 5.94. The van der Waals surface area contributed by atoms with E-state index in [9.17, 15) is 19.2 Å². The van der Waals surface area contributed by atoms with E-state index < -0.39 is 41.3 Å². The summed E-state index contributed by atoms with van der Waals surface area (Å²) in [7, 11) is 1.13. The molecule has 0 N–H and O–H groups in total. The Kier molecular flexibility index (Phi) is 8.08. The molecule has 25 heavy (non-hydrogen) atoms. The number of carbonyl (C=O) groups excluding carboxylic acids is 4. The van der Waals surface area contributed by atoms with Crippen LogP contribution in [-0.4, -0.2) is 53.7 Å². The zero-order valence-corrected chi connectivity index (χ0v) is 16.2. The highest BCUT2D eigenvalue weighted by Crippen LogP contribution is 2.20. The summed E-state index contributed by atoms with van der Waals surface area (Å²) in [6.45, 7) is 11.3. The molecule has 0 aliphatic rings. The lowest BCUT2D eigenvalue weighted by atomic mass is 10.0. The second-order valence-electron chi connectivity index (χ2n) is 7.72. The van der Waals surface area contributed by atoms with Gasteiger partial charge in [-0.25, -0.2) is 14.4 Å². The third-order valence-corrected chi connectivity index (χ3v) is 2.79. The van der Waals surface area contributed by atoms with Gasteiger partial charge in [0.15, 0.2) is 0 Å². The number of nitrogens with zero attached hydrogens (tertiary/aromatic N) is 1. The van der Waals surface area contributed by atoms with Gasteiger partial charge in [-0.1, -0.05) is 6.92 Å². The maximum Gasteiger partial charge on any atom is 0.420 e. The van der Waals surface area contributed by atoms with E-state index in [0.717, 1.165) is 7.11 Å². The summed E-state index contributed by atoms with van der Waals surface area (Å²) in [6, 6.07) is -1.34. The van der Waals surface area contributed by atoms with E-state index in [-0.39, 0.29) is 6.42 Å². The molecule has 144 valence electrons. The third kappa shape index (κ3) is 8.51. The Hall–Kier alpha value is -2.12. The molecular weight excluding hydrogens is 330 g/mol. The van der Waals surface area contributed by atoms with E-state index >= 15 is 0 Å². The van der Waals surface area contributed by atoms with Crippen LogP contribution in [0.5, 0.6) is 0 Å². The fraction of sp³-hybridized carbons (Fsp3) is 0.765. The van der Waals surface area contributed by atoms with Crippen LogP contribution in [-0.2, 0) is 23.8 Å². The fourth-order valence-corrected chi connectivity index (χ4v) is 1.80. The Morgan fingerprint density at radius 2 is 1.36 bits per heavy atom. The van der Waals surface area contributed by atoms with Crippen LogP contribution in [0.25, 0.3) is 0 Å². The molecule has 8 heteroatoms. The van der Waals surface area contributed by atoms with Crippen LogP contribution >= 0.6 is 0 Å². The number of methoxy groups -OCH3 is 1. The second-order valence-corrected chi connectivity index (χ2v) is 7.72. The van der Waals surface area contributed by atoms with Crippen molar-refractivity contribution in [3.05, 3.63) is 0 Å². The van der Waals surface area contributed by atoms with E-state index in [4.69, 9.17) is 9.47 Å². The molecule has 2 amide bonds. The molecule has 0 rings (SSSR count). The van der Waals surface area contributed by atoms with Gasteiger partial charge in [-0.05, 0) is 48.0 Å². The predicted molar refractivity (Wildman–Crippen MR) is 90.0 cm³/mol. The molecule has 0 saturated heterocycles. The smallest absolute Gasteiger partial charge is 0.420 e. The summed E-state index contributed by atoms with van der Waals surface area (Å²) in [6.07, 6.45) is -1.57. The maximum atomic E-state index is 12.5. The van der Waals surface area contributed by atoms with Crippen molar-refractivity contribution in [1.29, 1.82) is 0 Å². The molecule has 0 saturated carbocycles. The van der Waals surface area contributed by atoms with Gasteiger partial charge < -0.3 is 19.0 Å². The first-order chi connectivity index (χ1) is 11.2. The number of carbonyl (C=O) groups is 4. The average molecular weight is 359 g/mol. The van der Waals surface area contributed by atoms with E-state index in [0.29, 0.717) is 11.2 Å². The molecule has 0 fully saturated rings. The Bertz CT molecular complexity index is 474. The highest BCUT2D eigenvalue weighted by atomic mass is 16.6.